The van der Waals surface area contributed by atoms with Crippen molar-refractivity contribution >= 4 is 11.8 Å². The van der Waals surface area contributed by atoms with Gasteiger partial charge in [-0.05, 0) is 68.3 Å². The summed E-state index contributed by atoms with van der Waals surface area (Å²) in [6.07, 6.45) is 8.94. The molecule has 0 spiro atoms. The van der Waals surface area contributed by atoms with Crippen LogP contribution in [0.5, 0.6) is 11.5 Å². The molecule has 4 fully saturated rings. The summed E-state index contributed by atoms with van der Waals surface area (Å²) in [5, 5.41) is 6.32. The molecule has 4 aliphatic rings. The van der Waals surface area contributed by atoms with Gasteiger partial charge in [0.15, 0.2) is 11.6 Å². The molecule has 2 bridgehead atoms. The lowest BCUT2D eigenvalue weighted by Crippen LogP contribution is -2.51. The van der Waals surface area contributed by atoms with Gasteiger partial charge in [0.1, 0.15) is 5.75 Å². The Kier molecular flexibility index (Phi) is 7.32. The Labute approximate surface area is 225 Å². The van der Waals surface area contributed by atoms with Gasteiger partial charge < -0.3 is 25.0 Å². The molecule has 5 rings (SSSR count). The number of fused-ring (bicyclic) bond motifs is 2. The van der Waals surface area contributed by atoms with Crippen LogP contribution in [0.3, 0.4) is 0 Å². The zero-order valence-electron chi connectivity index (χ0n) is 22.8. The highest BCUT2D eigenvalue weighted by Crippen LogP contribution is 2.49. The van der Waals surface area contributed by atoms with Gasteiger partial charge in [-0.2, -0.15) is 0 Å². The first-order valence-corrected chi connectivity index (χ1v) is 14.1. The lowest BCUT2D eigenvalue weighted by Gasteiger charge is -2.39. The van der Waals surface area contributed by atoms with Crippen LogP contribution in [-0.4, -0.2) is 43.2 Å². The molecule has 7 nitrogen and oxygen atoms in total. The van der Waals surface area contributed by atoms with Gasteiger partial charge in [0.05, 0.1) is 24.7 Å². The zero-order valence-corrected chi connectivity index (χ0v) is 22.8. The Hall–Kier alpha value is -2.82. The van der Waals surface area contributed by atoms with Crippen molar-refractivity contribution in [2.24, 2.45) is 23.2 Å². The van der Waals surface area contributed by atoms with Crippen molar-refractivity contribution in [3.05, 3.63) is 34.9 Å². The van der Waals surface area contributed by atoms with Crippen molar-refractivity contribution < 1.29 is 23.5 Å². The second kappa shape index (κ2) is 10.4. The van der Waals surface area contributed by atoms with Gasteiger partial charge in [-0.3, -0.25) is 9.59 Å². The second-order valence-corrected chi connectivity index (χ2v) is 12.6. The molecular weight excluding hydrogens is 485 g/mol. The molecule has 4 aliphatic carbocycles. The maximum atomic E-state index is 14.9. The molecule has 206 valence electrons. The number of hydrogen-bond acceptors (Lipinski definition) is 4. The summed E-state index contributed by atoms with van der Waals surface area (Å²) in [5.74, 6) is -0.476. The van der Waals surface area contributed by atoms with Crippen molar-refractivity contribution in [1.29, 1.82) is 0 Å². The third-order valence-electron chi connectivity index (χ3n) is 9.84. The molecule has 4 saturated carbocycles. The van der Waals surface area contributed by atoms with Crippen LogP contribution < -0.4 is 20.1 Å². The summed E-state index contributed by atoms with van der Waals surface area (Å²) >= 11 is 0. The van der Waals surface area contributed by atoms with Crippen LogP contribution in [0, 0.1) is 35.6 Å². The van der Waals surface area contributed by atoms with Crippen molar-refractivity contribution in [2.45, 2.75) is 95.7 Å². The molecule has 0 heterocycles. The highest BCUT2D eigenvalue weighted by atomic mass is 19.1. The minimum absolute atomic E-state index is 0.0170. The maximum Gasteiger partial charge on any atom is 0.255 e. The largest absolute Gasteiger partial charge is 0.496 e. The van der Waals surface area contributed by atoms with Crippen molar-refractivity contribution in [2.75, 3.05) is 13.7 Å². The van der Waals surface area contributed by atoms with Crippen molar-refractivity contribution in [1.82, 2.24) is 10.6 Å². The van der Waals surface area contributed by atoms with Crippen molar-refractivity contribution in [3.63, 3.8) is 0 Å². The Balaban J connectivity index is 1.29. The number of ether oxygens (including phenoxy) is 2. The fourth-order valence-corrected chi connectivity index (χ4v) is 7.08. The van der Waals surface area contributed by atoms with E-state index in [9.17, 15) is 14.0 Å². The first kappa shape index (κ1) is 26.8. The van der Waals surface area contributed by atoms with Gasteiger partial charge in [-0.1, -0.05) is 13.3 Å². The van der Waals surface area contributed by atoms with Crippen LogP contribution in [0.25, 0.3) is 4.85 Å². The van der Waals surface area contributed by atoms with Gasteiger partial charge in [-0.15, -0.1) is 0 Å². The summed E-state index contributed by atoms with van der Waals surface area (Å²) in [6.45, 7) is 12.2. The minimum atomic E-state index is -0.585. The predicted molar refractivity (Wildman–Crippen MR) is 141 cm³/mol. The molecule has 38 heavy (non-hydrogen) atoms. The number of nitrogens with zero attached hydrogens (tertiary/aromatic N) is 1. The van der Waals surface area contributed by atoms with Crippen LogP contribution in [0.2, 0.25) is 0 Å². The highest BCUT2D eigenvalue weighted by Gasteiger charge is 2.51. The monoisotopic (exact) mass is 525 g/mol. The molecule has 0 unspecified atom stereocenters. The Morgan fingerprint density at radius 1 is 1.08 bits per heavy atom. The highest BCUT2D eigenvalue weighted by molar-refractivity contribution is 5.98. The summed E-state index contributed by atoms with van der Waals surface area (Å²) in [6, 6.07) is 2.37. The quantitative estimate of drug-likeness (QED) is 0.452. The minimum Gasteiger partial charge on any atom is -0.496 e. The predicted octanol–water partition coefficient (Wildman–Crippen LogP) is 5.28. The SMILES string of the molecule is [C-]#[N+]C1(C)CCC(Oc2cc(C(=O)N[C@@H]3[C@H]4CC[C@H](C4)[C@@H]3C(=O)NCC3(C)CCC3)c(OC)cc2F)CC1. The molecule has 0 radical (unpaired) electrons. The van der Waals surface area contributed by atoms with Crippen LogP contribution >= 0.6 is 0 Å². The Morgan fingerprint density at radius 3 is 2.42 bits per heavy atom. The van der Waals surface area contributed by atoms with E-state index in [1.54, 1.807) is 0 Å². The molecule has 4 atom stereocenters. The third-order valence-corrected chi connectivity index (χ3v) is 9.84. The van der Waals surface area contributed by atoms with E-state index in [1.807, 2.05) is 6.92 Å². The van der Waals surface area contributed by atoms with E-state index in [2.05, 4.69) is 22.4 Å². The van der Waals surface area contributed by atoms with Crippen LogP contribution in [-0.2, 0) is 4.79 Å². The summed E-state index contributed by atoms with van der Waals surface area (Å²) in [4.78, 5) is 30.6. The molecule has 0 saturated heterocycles. The lowest BCUT2D eigenvalue weighted by molar-refractivity contribution is -0.128. The van der Waals surface area contributed by atoms with Crippen LogP contribution in [0.15, 0.2) is 12.1 Å². The van der Waals surface area contributed by atoms with E-state index in [-0.39, 0.29) is 69.7 Å². The summed E-state index contributed by atoms with van der Waals surface area (Å²) in [7, 11) is 1.41. The van der Waals surface area contributed by atoms with E-state index in [0.717, 1.165) is 32.1 Å². The number of benzene rings is 1. The topological polar surface area (TPSA) is 81.0 Å². The Bertz CT molecular complexity index is 1120. The Morgan fingerprint density at radius 2 is 1.79 bits per heavy atom. The van der Waals surface area contributed by atoms with Gasteiger partial charge in [0, 0.05) is 38.4 Å². The lowest BCUT2D eigenvalue weighted by atomic mass is 9.70. The van der Waals surface area contributed by atoms with E-state index >= 15 is 0 Å². The van der Waals surface area contributed by atoms with E-state index < -0.39 is 5.82 Å². The van der Waals surface area contributed by atoms with Gasteiger partial charge in [-0.25, -0.2) is 11.0 Å². The van der Waals surface area contributed by atoms with Gasteiger partial charge in [0.2, 0.25) is 11.4 Å². The van der Waals surface area contributed by atoms with Crippen LogP contribution in [0.4, 0.5) is 4.39 Å². The maximum absolute atomic E-state index is 14.9. The van der Waals surface area contributed by atoms with Gasteiger partial charge in [0.25, 0.3) is 5.91 Å². The molecule has 8 heteroatoms. The number of carbonyl (C=O) groups is 2. The number of methoxy groups -OCH3 is 1. The van der Waals surface area contributed by atoms with E-state index in [0.29, 0.717) is 32.2 Å². The van der Waals surface area contributed by atoms with E-state index in [4.69, 9.17) is 16.0 Å². The number of amides is 2. The number of nitrogens with one attached hydrogen (secondary N) is 2. The molecule has 0 aromatic heterocycles. The summed E-state index contributed by atoms with van der Waals surface area (Å²) in [5.41, 5.74) is 0.00819. The van der Waals surface area contributed by atoms with Crippen molar-refractivity contribution in [3.8, 4) is 11.5 Å². The number of carbonyl (C=O) groups excluding carboxylic acids is 2. The summed E-state index contributed by atoms with van der Waals surface area (Å²) < 4.78 is 26.3. The van der Waals surface area contributed by atoms with E-state index in [1.165, 1.54) is 25.7 Å². The number of halogens is 1. The third kappa shape index (κ3) is 5.21. The second-order valence-electron chi connectivity index (χ2n) is 12.6. The standard InChI is InChI=1S/C30H40FN3O4/c1-29(10-5-11-29)17-33-28(36)25-18-6-7-19(14-18)26(25)34-27(35)21-15-24(22(31)16-23(21)37-4)38-20-8-12-30(2,32-3)13-9-20/h15-16,18-20,25-26H,5-14,17H2,1-2,4H3,(H,33,36)(H,34,35)/t18-,19+,20?,25+,26-,30?/m1/s1. The van der Waals surface area contributed by atoms with Crippen LogP contribution in [0.1, 0.15) is 88.4 Å². The molecule has 0 aliphatic heterocycles. The fourth-order valence-electron chi connectivity index (χ4n) is 7.08. The normalized spacial score (nSPS) is 33.1. The zero-order chi connectivity index (χ0) is 27.1. The average Bonchev–Trinajstić information content (AvgIpc) is 3.50. The molecular formula is C30H40FN3O4. The number of rotatable bonds is 8. The molecule has 2 N–H and O–H groups in total. The van der Waals surface area contributed by atoms with Gasteiger partial charge >= 0.3 is 0 Å². The molecule has 1 aromatic rings. The number of hydrogen-bond donors (Lipinski definition) is 2. The fraction of sp³-hybridized carbons (Fsp3) is 0.700. The first-order chi connectivity index (χ1) is 18.1. The smallest absolute Gasteiger partial charge is 0.255 e. The molecule has 1 aromatic carbocycles. The first-order valence-electron chi connectivity index (χ1n) is 14.1. The molecule has 2 amide bonds. The average molecular weight is 526 g/mol.